The number of carbonyl (C=O) groups excluding carboxylic acids is 1. The van der Waals surface area contributed by atoms with E-state index in [2.05, 4.69) is 52.0 Å². The number of hydrogen-bond acceptors (Lipinski definition) is 6. The molecule has 3 aliphatic heterocycles. The molecule has 1 spiro atoms. The maximum absolute atomic E-state index is 10.9. The molecule has 2 aliphatic carbocycles. The first-order valence-corrected chi connectivity index (χ1v) is 12.1. The summed E-state index contributed by atoms with van der Waals surface area (Å²) < 4.78 is 11.9. The third kappa shape index (κ3) is 3.47. The summed E-state index contributed by atoms with van der Waals surface area (Å²) in [5.41, 5.74) is 1.48. The van der Waals surface area contributed by atoms with Crippen molar-refractivity contribution in [3.05, 3.63) is 35.4 Å². The van der Waals surface area contributed by atoms with Gasteiger partial charge in [-0.3, -0.25) is 4.79 Å². The fraction of sp³-hybridized carbons (Fsp3) is 0.692. The lowest BCUT2D eigenvalue weighted by atomic mass is 9.56. The maximum atomic E-state index is 10.9. The van der Waals surface area contributed by atoms with Gasteiger partial charge in [0, 0.05) is 18.3 Å². The van der Waals surface area contributed by atoms with E-state index in [1.165, 1.54) is 12.0 Å². The molecule has 1 aromatic rings. The number of aryl methyl sites for hydroxylation is 1. The highest BCUT2D eigenvalue weighted by Crippen LogP contribution is 2.60. The number of benzene rings is 1. The third-order valence-electron chi connectivity index (χ3n) is 8.59. The highest BCUT2D eigenvalue weighted by atomic mass is 17.2. The van der Waals surface area contributed by atoms with Crippen LogP contribution in [0.2, 0.25) is 0 Å². The molecule has 3 heterocycles. The molecule has 3 saturated heterocycles. The molecule has 6 heteroatoms. The van der Waals surface area contributed by atoms with Crippen LogP contribution in [0.4, 0.5) is 0 Å². The monoisotopic (exact) mass is 441 g/mol. The highest BCUT2D eigenvalue weighted by molar-refractivity contribution is 5.80. The molecule has 32 heavy (non-hydrogen) atoms. The third-order valence-corrected chi connectivity index (χ3v) is 8.59. The number of fused-ring (bicyclic) bond motifs is 2. The first-order valence-electron chi connectivity index (χ1n) is 12.1. The quantitative estimate of drug-likeness (QED) is 0.478. The van der Waals surface area contributed by atoms with Crippen molar-refractivity contribution in [2.24, 2.45) is 28.7 Å². The molecular formula is C26H35NO5. The van der Waals surface area contributed by atoms with Gasteiger partial charge in [-0.2, -0.15) is 0 Å². The van der Waals surface area contributed by atoms with Gasteiger partial charge in [0.2, 0.25) is 0 Å². The van der Waals surface area contributed by atoms with Crippen molar-refractivity contribution in [2.45, 2.75) is 83.1 Å². The van der Waals surface area contributed by atoms with E-state index in [9.17, 15) is 4.79 Å². The minimum Gasteiger partial charge on any atom is -0.474 e. The van der Waals surface area contributed by atoms with E-state index < -0.39 is 5.60 Å². The Morgan fingerprint density at radius 3 is 2.69 bits per heavy atom. The average Bonchev–Trinajstić information content (AvgIpc) is 3.01. The van der Waals surface area contributed by atoms with Gasteiger partial charge >= 0.3 is 0 Å². The van der Waals surface area contributed by atoms with Gasteiger partial charge in [-0.15, -0.1) is 0 Å². The number of hydrogen-bond donors (Lipinski definition) is 0. The number of carbonyl (C=O) groups is 1. The van der Waals surface area contributed by atoms with Gasteiger partial charge in [-0.1, -0.05) is 43.7 Å². The van der Waals surface area contributed by atoms with Crippen LogP contribution in [0.15, 0.2) is 29.3 Å². The summed E-state index contributed by atoms with van der Waals surface area (Å²) in [6, 6.07) is 7.94. The van der Waals surface area contributed by atoms with Crippen LogP contribution in [-0.4, -0.2) is 36.3 Å². The topological polar surface area (TPSA) is 66.4 Å². The maximum Gasteiger partial charge on any atom is 0.293 e. The van der Waals surface area contributed by atoms with E-state index in [-0.39, 0.29) is 30.3 Å². The zero-order chi connectivity index (χ0) is 22.5. The Balaban J connectivity index is 1.52. The molecule has 0 amide bonds. The van der Waals surface area contributed by atoms with Crippen LogP contribution in [0.3, 0.4) is 0 Å². The lowest BCUT2D eigenvalue weighted by Gasteiger charge is -2.59. The molecule has 5 fully saturated rings. The normalized spacial score (nSPS) is 42.5. The number of aliphatic imine (C=N–C) groups is 1. The van der Waals surface area contributed by atoms with Gasteiger partial charge in [0.1, 0.15) is 30.0 Å². The number of ether oxygens (including phenoxy) is 2. The largest absolute Gasteiger partial charge is 0.474 e. The van der Waals surface area contributed by atoms with Crippen LogP contribution >= 0.6 is 0 Å². The predicted octanol–water partition coefficient (Wildman–Crippen LogP) is 4.95. The summed E-state index contributed by atoms with van der Waals surface area (Å²) in [5.74, 6) is 2.20. The second-order valence-electron chi connectivity index (χ2n) is 10.7. The van der Waals surface area contributed by atoms with Gasteiger partial charge < -0.3 is 9.47 Å². The van der Waals surface area contributed by atoms with E-state index in [0.717, 1.165) is 37.1 Å². The second-order valence-corrected chi connectivity index (χ2v) is 10.7. The number of rotatable bonds is 5. The van der Waals surface area contributed by atoms with Gasteiger partial charge in [0.05, 0.1) is 0 Å². The summed E-state index contributed by atoms with van der Waals surface area (Å²) in [5, 5.41) is 0. The van der Waals surface area contributed by atoms with Crippen molar-refractivity contribution in [2.75, 3.05) is 6.61 Å². The standard InChI is InChI=1S/C26H35NO5/c1-16-5-8-19(9-6-16)22(14-29-15-28)27-24-18(3)21-10-7-17(2)20-11-12-25(4)13-23(30-24)26(20,21)32-31-25/h5-6,8-9,15,17-18,20-23H,7,10-14H2,1-4H3/t17-,18-,20?,21?,22?,23-,25+,26-/m0/s1. The molecule has 8 atom stereocenters. The lowest BCUT2D eigenvalue weighted by Crippen LogP contribution is -2.68. The molecular weight excluding hydrogens is 406 g/mol. The van der Waals surface area contributed by atoms with Crippen LogP contribution in [0, 0.1) is 30.6 Å². The fourth-order valence-corrected chi connectivity index (χ4v) is 6.75. The van der Waals surface area contributed by atoms with Gasteiger partial charge in [0.15, 0.2) is 5.90 Å². The van der Waals surface area contributed by atoms with E-state index in [1.807, 2.05) is 0 Å². The van der Waals surface area contributed by atoms with Gasteiger partial charge in [0.25, 0.3) is 6.47 Å². The van der Waals surface area contributed by atoms with E-state index in [4.69, 9.17) is 24.2 Å². The number of nitrogens with zero attached hydrogens (tertiary/aromatic N) is 1. The second kappa shape index (κ2) is 8.14. The smallest absolute Gasteiger partial charge is 0.293 e. The molecule has 0 radical (unpaired) electrons. The van der Waals surface area contributed by atoms with Crippen molar-refractivity contribution < 1.29 is 24.0 Å². The van der Waals surface area contributed by atoms with Gasteiger partial charge in [-0.25, -0.2) is 14.8 Å². The Kier molecular flexibility index (Phi) is 5.57. The SMILES string of the molecule is Cc1ccc(C(COC=O)N=C2O[C@H]3C[C@@]4(C)CCC5[C@@H](C)CCC([C@@H]2C)[C@@]53OO4)cc1. The molecule has 6 nitrogen and oxygen atoms in total. The van der Waals surface area contributed by atoms with Crippen molar-refractivity contribution in [1.29, 1.82) is 0 Å². The van der Waals surface area contributed by atoms with Crippen LogP contribution in [0.1, 0.15) is 70.0 Å². The Bertz CT molecular complexity index is 885. The molecule has 0 N–H and O–H groups in total. The van der Waals surface area contributed by atoms with Crippen molar-refractivity contribution in [1.82, 2.24) is 0 Å². The van der Waals surface area contributed by atoms with Crippen LogP contribution in [-0.2, 0) is 24.0 Å². The minimum absolute atomic E-state index is 0.0675. The van der Waals surface area contributed by atoms with Crippen LogP contribution in [0.5, 0.6) is 0 Å². The molecule has 5 aliphatic rings. The Morgan fingerprint density at radius 1 is 1.16 bits per heavy atom. The molecule has 174 valence electrons. The van der Waals surface area contributed by atoms with Crippen LogP contribution in [0.25, 0.3) is 0 Å². The summed E-state index contributed by atoms with van der Waals surface area (Å²) in [7, 11) is 0. The molecule has 1 aromatic carbocycles. The molecule has 2 bridgehead atoms. The van der Waals surface area contributed by atoms with Crippen LogP contribution < -0.4 is 0 Å². The first-order chi connectivity index (χ1) is 15.4. The first kappa shape index (κ1) is 21.9. The molecule has 2 saturated carbocycles. The van der Waals surface area contributed by atoms with Gasteiger partial charge in [-0.05, 0) is 56.9 Å². The summed E-state index contributed by atoms with van der Waals surface area (Å²) in [6.07, 6.45) is 5.14. The Morgan fingerprint density at radius 2 is 1.94 bits per heavy atom. The van der Waals surface area contributed by atoms with Crippen molar-refractivity contribution in [3.8, 4) is 0 Å². The van der Waals surface area contributed by atoms with Crippen molar-refractivity contribution in [3.63, 3.8) is 0 Å². The minimum atomic E-state index is -0.398. The predicted molar refractivity (Wildman–Crippen MR) is 120 cm³/mol. The highest BCUT2D eigenvalue weighted by Gasteiger charge is 2.68. The molecule has 0 aromatic heterocycles. The molecule has 3 unspecified atom stereocenters. The Labute approximate surface area is 190 Å². The average molecular weight is 442 g/mol. The fourth-order valence-electron chi connectivity index (χ4n) is 6.75. The van der Waals surface area contributed by atoms with E-state index in [1.54, 1.807) is 0 Å². The Hall–Kier alpha value is -1.92. The zero-order valence-corrected chi connectivity index (χ0v) is 19.6. The molecule has 6 rings (SSSR count). The van der Waals surface area contributed by atoms with E-state index >= 15 is 0 Å². The van der Waals surface area contributed by atoms with Crippen molar-refractivity contribution >= 4 is 12.4 Å². The van der Waals surface area contributed by atoms with E-state index in [0.29, 0.717) is 24.2 Å². The summed E-state index contributed by atoms with van der Waals surface area (Å²) in [6.45, 7) is 9.45. The summed E-state index contributed by atoms with van der Waals surface area (Å²) in [4.78, 5) is 28.4. The lowest BCUT2D eigenvalue weighted by molar-refractivity contribution is -0.473. The summed E-state index contributed by atoms with van der Waals surface area (Å²) >= 11 is 0. The zero-order valence-electron chi connectivity index (χ0n) is 19.6.